The van der Waals surface area contributed by atoms with Crippen LogP contribution in [0.1, 0.15) is 67.8 Å². The van der Waals surface area contributed by atoms with Crippen molar-refractivity contribution in [1.82, 2.24) is 5.32 Å². The summed E-state index contributed by atoms with van der Waals surface area (Å²) >= 11 is 0. The van der Waals surface area contributed by atoms with Gasteiger partial charge in [-0.3, -0.25) is 9.10 Å². The maximum absolute atomic E-state index is 13.1. The molecular weight excluding hydrogens is 481 g/mol. The Morgan fingerprint density at radius 2 is 1.77 bits per heavy atom. The summed E-state index contributed by atoms with van der Waals surface area (Å²) in [6.45, 7) is 7.78. The van der Waals surface area contributed by atoms with Crippen LogP contribution in [0.5, 0.6) is 5.75 Å². The van der Waals surface area contributed by atoms with E-state index < -0.39 is 21.8 Å². The molecule has 0 aromatic heterocycles. The van der Waals surface area contributed by atoms with Crippen LogP contribution in [0.2, 0.25) is 0 Å². The number of anilines is 1. The van der Waals surface area contributed by atoms with E-state index in [4.69, 9.17) is 4.74 Å². The summed E-state index contributed by atoms with van der Waals surface area (Å²) in [4.78, 5) is 12.6. The van der Waals surface area contributed by atoms with E-state index in [2.05, 4.69) is 19.2 Å². The Balaban J connectivity index is 2.09. The van der Waals surface area contributed by atoms with E-state index in [-0.39, 0.29) is 42.9 Å². The van der Waals surface area contributed by atoms with Crippen LogP contribution in [0, 0.1) is 6.92 Å². The quantitative estimate of drug-likeness (QED) is 0.450. The van der Waals surface area contributed by atoms with E-state index in [9.17, 15) is 26.4 Å². The molecule has 0 fully saturated rings. The average molecular weight is 515 g/mol. The Kier molecular flexibility index (Phi) is 9.22. The molecule has 1 N–H and O–H groups in total. The number of carbonyl (C=O) groups excluding carboxylic acids is 1. The summed E-state index contributed by atoms with van der Waals surface area (Å²) in [6, 6.07) is 7.80. The minimum absolute atomic E-state index is 0.0154. The largest absolute Gasteiger partial charge is 0.496 e. The molecule has 0 bridgehead atoms. The van der Waals surface area contributed by atoms with Crippen LogP contribution in [0.4, 0.5) is 18.9 Å². The van der Waals surface area contributed by atoms with Gasteiger partial charge >= 0.3 is 6.18 Å². The van der Waals surface area contributed by atoms with Crippen LogP contribution in [-0.2, 0) is 21.0 Å². The van der Waals surface area contributed by atoms with E-state index in [1.165, 1.54) is 6.07 Å². The number of rotatable bonds is 10. The number of sulfonamides is 1. The highest BCUT2D eigenvalue weighted by Crippen LogP contribution is 2.33. The molecule has 2 rings (SSSR count). The van der Waals surface area contributed by atoms with Gasteiger partial charge in [0, 0.05) is 13.0 Å². The number of nitrogens with zero attached hydrogens (tertiary/aromatic N) is 1. The third-order valence-corrected chi connectivity index (χ3v) is 6.91. The lowest BCUT2D eigenvalue weighted by molar-refractivity contribution is -0.137. The molecule has 2 aromatic carbocycles. The molecule has 0 heterocycles. The standard InChI is InChI=1S/C25H33F3N2O4S/c1-16(2)21-15-22(17(3)13-23(21)34-5)18(4)29-24(31)11-8-12-30(35(6,32)33)20-10-7-9-19(14-20)25(26,27)28/h7,9-10,13-16,18H,8,11-12H2,1-6H3,(H,29,31)/t18-/m0/s1. The third-order valence-electron chi connectivity index (χ3n) is 5.71. The van der Waals surface area contributed by atoms with E-state index >= 15 is 0 Å². The Bertz CT molecular complexity index is 1150. The zero-order valence-corrected chi connectivity index (χ0v) is 21.7. The van der Waals surface area contributed by atoms with Crippen LogP contribution < -0.4 is 14.4 Å². The van der Waals surface area contributed by atoms with Gasteiger partial charge in [0.2, 0.25) is 15.9 Å². The van der Waals surface area contributed by atoms with Gasteiger partial charge in [0.1, 0.15) is 5.75 Å². The van der Waals surface area contributed by atoms with Crippen LogP contribution in [-0.4, -0.2) is 34.2 Å². The van der Waals surface area contributed by atoms with Gasteiger partial charge in [-0.15, -0.1) is 0 Å². The van der Waals surface area contributed by atoms with Crippen molar-refractivity contribution in [2.45, 2.75) is 58.7 Å². The van der Waals surface area contributed by atoms with Crippen molar-refractivity contribution in [3.8, 4) is 5.75 Å². The molecule has 2 aromatic rings. The highest BCUT2D eigenvalue weighted by molar-refractivity contribution is 7.92. The number of methoxy groups -OCH3 is 1. The van der Waals surface area contributed by atoms with Crippen LogP contribution in [0.15, 0.2) is 36.4 Å². The molecule has 0 spiro atoms. The zero-order valence-electron chi connectivity index (χ0n) is 20.9. The molecule has 35 heavy (non-hydrogen) atoms. The lowest BCUT2D eigenvalue weighted by atomic mass is 9.93. The molecule has 0 saturated heterocycles. The van der Waals surface area contributed by atoms with Gasteiger partial charge in [-0.1, -0.05) is 19.9 Å². The van der Waals surface area contributed by atoms with Crippen molar-refractivity contribution in [3.63, 3.8) is 0 Å². The van der Waals surface area contributed by atoms with Crippen molar-refractivity contribution < 1.29 is 31.1 Å². The minimum atomic E-state index is -4.59. The molecule has 0 aliphatic heterocycles. The topological polar surface area (TPSA) is 75.7 Å². The molecule has 1 amide bonds. The molecule has 0 unspecified atom stereocenters. The number of amides is 1. The molecule has 0 aliphatic rings. The highest BCUT2D eigenvalue weighted by atomic mass is 32.2. The van der Waals surface area contributed by atoms with Crippen molar-refractivity contribution in [3.05, 3.63) is 58.7 Å². The average Bonchev–Trinajstić information content (AvgIpc) is 2.74. The van der Waals surface area contributed by atoms with E-state index in [1.54, 1.807) is 7.11 Å². The molecule has 6 nitrogen and oxygen atoms in total. The maximum Gasteiger partial charge on any atom is 0.416 e. The molecule has 0 saturated carbocycles. The third kappa shape index (κ3) is 7.62. The Hall–Kier alpha value is -2.75. The zero-order chi connectivity index (χ0) is 26.6. The fourth-order valence-electron chi connectivity index (χ4n) is 3.91. The minimum Gasteiger partial charge on any atom is -0.496 e. The lowest BCUT2D eigenvalue weighted by Gasteiger charge is -2.24. The summed E-state index contributed by atoms with van der Waals surface area (Å²) in [7, 11) is -2.23. The van der Waals surface area contributed by atoms with Gasteiger partial charge in [0.15, 0.2) is 0 Å². The van der Waals surface area contributed by atoms with Crippen molar-refractivity contribution in [2.75, 3.05) is 24.2 Å². The number of hydrogen-bond acceptors (Lipinski definition) is 4. The smallest absolute Gasteiger partial charge is 0.416 e. The van der Waals surface area contributed by atoms with Crippen LogP contribution in [0.3, 0.4) is 0 Å². The Morgan fingerprint density at radius 3 is 2.31 bits per heavy atom. The highest BCUT2D eigenvalue weighted by Gasteiger charge is 2.31. The number of hydrogen-bond donors (Lipinski definition) is 1. The summed E-state index contributed by atoms with van der Waals surface area (Å²) < 4.78 is 70.0. The first-order valence-electron chi connectivity index (χ1n) is 11.3. The Morgan fingerprint density at radius 1 is 1.11 bits per heavy atom. The molecule has 0 radical (unpaired) electrons. The SMILES string of the molecule is COc1cc(C)c([C@H](C)NC(=O)CCCN(c2cccc(C(F)(F)F)c2)S(C)(=O)=O)cc1C(C)C. The monoisotopic (exact) mass is 514 g/mol. The van der Waals surface area contributed by atoms with Crippen molar-refractivity contribution in [2.24, 2.45) is 0 Å². The fourth-order valence-corrected chi connectivity index (χ4v) is 4.87. The first-order chi connectivity index (χ1) is 16.1. The first kappa shape index (κ1) is 28.5. The summed E-state index contributed by atoms with van der Waals surface area (Å²) in [5.74, 6) is 0.733. The second-order valence-corrected chi connectivity index (χ2v) is 10.8. The Labute approximate surface area is 205 Å². The molecule has 194 valence electrons. The van der Waals surface area contributed by atoms with Gasteiger partial charge in [0.25, 0.3) is 0 Å². The number of carbonyl (C=O) groups is 1. The predicted octanol–water partition coefficient (Wildman–Crippen LogP) is 5.57. The van der Waals surface area contributed by atoms with Crippen molar-refractivity contribution >= 4 is 21.6 Å². The molecule has 0 aliphatic carbocycles. The summed E-state index contributed by atoms with van der Waals surface area (Å²) in [5, 5.41) is 2.93. The summed E-state index contributed by atoms with van der Waals surface area (Å²) in [6.07, 6.45) is -3.51. The predicted molar refractivity (Wildman–Crippen MR) is 131 cm³/mol. The van der Waals surface area contributed by atoms with Crippen molar-refractivity contribution in [1.29, 1.82) is 0 Å². The van der Waals surface area contributed by atoms with Crippen LogP contribution in [0.25, 0.3) is 0 Å². The lowest BCUT2D eigenvalue weighted by Crippen LogP contribution is -2.33. The van der Waals surface area contributed by atoms with Gasteiger partial charge in [-0.05, 0) is 73.2 Å². The molecular formula is C25H33F3N2O4S. The second kappa shape index (κ2) is 11.3. The second-order valence-electron chi connectivity index (χ2n) is 8.88. The molecule has 10 heteroatoms. The number of alkyl halides is 3. The normalized spacial score (nSPS) is 13.0. The summed E-state index contributed by atoms with van der Waals surface area (Å²) in [5.41, 5.74) is 1.91. The van der Waals surface area contributed by atoms with Gasteiger partial charge < -0.3 is 10.1 Å². The van der Waals surface area contributed by atoms with Crippen LogP contribution >= 0.6 is 0 Å². The van der Waals surface area contributed by atoms with Gasteiger partial charge in [-0.2, -0.15) is 13.2 Å². The first-order valence-corrected chi connectivity index (χ1v) is 13.1. The number of nitrogens with one attached hydrogen (secondary N) is 1. The number of benzene rings is 2. The number of aryl methyl sites for hydroxylation is 1. The molecule has 1 atom stereocenters. The van der Waals surface area contributed by atoms with E-state index in [0.717, 1.165) is 51.2 Å². The maximum atomic E-state index is 13.1. The number of halogens is 3. The van der Waals surface area contributed by atoms with E-state index in [0.29, 0.717) is 0 Å². The fraction of sp³-hybridized carbons (Fsp3) is 0.480. The van der Waals surface area contributed by atoms with E-state index in [1.807, 2.05) is 26.0 Å². The number of ether oxygens (including phenoxy) is 1. The van der Waals surface area contributed by atoms with Gasteiger partial charge in [0.05, 0.1) is 30.7 Å². The van der Waals surface area contributed by atoms with Gasteiger partial charge in [-0.25, -0.2) is 8.42 Å².